The summed E-state index contributed by atoms with van der Waals surface area (Å²) in [6.07, 6.45) is 0. The van der Waals surface area contributed by atoms with Gasteiger partial charge in [-0.05, 0) is 5.30 Å². The van der Waals surface area contributed by atoms with E-state index in [2.05, 4.69) is 64.7 Å². The molecule has 0 spiro atoms. The van der Waals surface area contributed by atoms with Gasteiger partial charge in [0.25, 0.3) is 0 Å². The van der Waals surface area contributed by atoms with E-state index in [1.165, 1.54) is 5.30 Å². The lowest BCUT2D eigenvalue weighted by molar-refractivity contribution is 0.214. The van der Waals surface area contributed by atoms with Crippen LogP contribution in [0.25, 0.3) is 0 Å². The Hall–Kier alpha value is -0.863. The van der Waals surface area contributed by atoms with Gasteiger partial charge >= 0.3 is 6.03 Å². The van der Waals surface area contributed by atoms with Crippen molar-refractivity contribution in [3.05, 3.63) is 30.3 Å². The van der Waals surface area contributed by atoms with Gasteiger partial charge in [-0.25, -0.2) is 4.79 Å². The predicted octanol–water partition coefficient (Wildman–Crippen LogP) is 4.33. The van der Waals surface area contributed by atoms with E-state index in [1.807, 2.05) is 29.4 Å². The van der Waals surface area contributed by atoms with Crippen LogP contribution in [0.2, 0.25) is 19.6 Å². The molecule has 0 saturated carbocycles. The normalized spacial score (nSPS) is 13.7. The van der Waals surface area contributed by atoms with Gasteiger partial charge in [-0.15, -0.1) is 0 Å². The first-order valence-corrected chi connectivity index (χ1v) is 12.1. The zero-order valence-corrected chi connectivity index (χ0v) is 16.5. The Balaban J connectivity index is 3.14. The summed E-state index contributed by atoms with van der Waals surface area (Å²) in [5.74, 6) is 0. The first-order valence-electron chi connectivity index (χ1n) is 7.33. The summed E-state index contributed by atoms with van der Waals surface area (Å²) in [5, 5.41) is 1.29. The van der Waals surface area contributed by atoms with Crippen LogP contribution < -0.4 is 5.30 Å². The zero-order chi connectivity index (χ0) is 16.4. The highest BCUT2D eigenvalue weighted by Crippen LogP contribution is 2.51. The lowest BCUT2D eigenvalue weighted by Gasteiger charge is -2.42. The van der Waals surface area contributed by atoms with Crippen LogP contribution in [-0.4, -0.2) is 42.8 Å². The van der Waals surface area contributed by atoms with E-state index < -0.39 is 16.3 Å². The average Bonchev–Trinajstić information content (AvgIpc) is 2.35. The molecule has 3 nitrogen and oxygen atoms in total. The maximum atomic E-state index is 12.9. The standard InChI is InChI=1S/C16H29N2OPSi/c1-16(2,3)20(14-12-10-9-11-13-14)17(4)15(19)18(5)21(6,7)8/h9-13H,1-8H3. The van der Waals surface area contributed by atoms with Gasteiger partial charge in [0.05, 0.1) is 0 Å². The molecule has 0 aliphatic heterocycles. The minimum absolute atomic E-state index is 0.0430. The fraction of sp³-hybridized carbons (Fsp3) is 0.562. The van der Waals surface area contributed by atoms with E-state index in [1.54, 1.807) is 0 Å². The number of rotatable bonds is 3. The molecule has 1 aromatic carbocycles. The second kappa shape index (κ2) is 6.49. The summed E-state index contributed by atoms with van der Waals surface area (Å²) in [7, 11) is 1.53. The molecule has 1 unspecified atom stereocenters. The van der Waals surface area contributed by atoms with E-state index in [4.69, 9.17) is 0 Å². The summed E-state index contributed by atoms with van der Waals surface area (Å²) < 4.78 is 3.92. The van der Waals surface area contributed by atoms with Crippen molar-refractivity contribution in [3.63, 3.8) is 0 Å². The lowest BCUT2D eigenvalue weighted by atomic mass is 10.3. The van der Waals surface area contributed by atoms with Gasteiger partial charge in [-0.2, -0.15) is 0 Å². The molecule has 0 aromatic heterocycles. The fourth-order valence-electron chi connectivity index (χ4n) is 2.17. The van der Waals surface area contributed by atoms with Gasteiger partial charge in [0.2, 0.25) is 0 Å². The van der Waals surface area contributed by atoms with Gasteiger partial charge in [-0.3, -0.25) is 0 Å². The topological polar surface area (TPSA) is 23.6 Å². The smallest absolute Gasteiger partial charge is 0.315 e. The van der Waals surface area contributed by atoms with Crippen molar-refractivity contribution in [2.75, 3.05) is 14.1 Å². The Bertz CT molecular complexity index is 479. The summed E-state index contributed by atoms with van der Waals surface area (Å²) in [4.78, 5) is 12.9. The third-order valence-corrected chi connectivity index (χ3v) is 8.54. The Morgan fingerprint density at radius 3 is 1.90 bits per heavy atom. The molecule has 0 fully saturated rings. The third-order valence-electron chi connectivity index (χ3n) is 3.51. The first kappa shape index (κ1) is 18.2. The minimum Gasteiger partial charge on any atom is -0.355 e. The number of hydrogen-bond donors (Lipinski definition) is 0. The Morgan fingerprint density at radius 1 is 1.05 bits per heavy atom. The molecule has 21 heavy (non-hydrogen) atoms. The molecular formula is C16H29N2OPSi. The highest BCUT2D eigenvalue weighted by molar-refractivity contribution is 7.65. The molecule has 1 aromatic rings. The fourth-order valence-corrected chi connectivity index (χ4v) is 5.76. The number of carbonyl (C=O) groups excluding carboxylic acids is 1. The van der Waals surface area contributed by atoms with Crippen LogP contribution in [0.1, 0.15) is 20.8 Å². The van der Waals surface area contributed by atoms with Crippen LogP contribution in [0.3, 0.4) is 0 Å². The molecule has 1 atom stereocenters. The molecule has 0 aliphatic rings. The van der Waals surface area contributed by atoms with Gasteiger partial charge in [0, 0.05) is 27.3 Å². The molecule has 0 bridgehead atoms. The average molecular weight is 324 g/mol. The molecule has 0 heterocycles. The van der Waals surface area contributed by atoms with E-state index >= 15 is 0 Å². The summed E-state index contributed by atoms with van der Waals surface area (Å²) in [6, 6.07) is 10.5. The second-order valence-corrected chi connectivity index (χ2v) is 15.4. The van der Waals surface area contributed by atoms with Crippen LogP contribution in [0.4, 0.5) is 4.79 Å². The predicted molar refractivity (Wildman–Crippen MR) is 97.0 cm³/mol. The molecule has 0 N–H and O–H groups in total. The Morgan fingerprint density at radius 2 is 1.52 bits per heavy atom. The number of carbonyl (C=O) groups is 1. The summed E-state index contributed by atoms with van der Waals surface area (Å²) in [6.45, 7) is 13.2. The molecule has 118 valence electrons. The molecular weight excluding hydrogens is 295 g/mol. The van der Waals surface area contributed by atoms with Crippen LogP contribution in [-0.2, 0) is 0 Å². The maximum absolute atomic E-state index is 12.9. The summed E-state index contributed by atoms with van der Waals surface area (Å²) in [5.41, 5.74) is 0. The first-order chi connectivity index (χ1) is 9.46. The SMILES string of the molecule is CN(C(=O)N(C)[Si](C)(C)C)P(c1ccccc1)C(C)(C)C. The van der Waals surface area contributed by atoms with Gasteiger partial charge in [0.1, 0.15) is 0 Å². The number of urea groups is 1. The third kappa shape index (κ3) is 4.55. The minimum atomic E-state index is -1.64. The molecule has 2 amide bonds. The summed E-state index contributed by atoms with van der Waals surface area (Å²) >= 11 is 0. The van der Waals surface area contributed by atoms with Crippen LogP contribution in [0.5, 0.6) is 0 Å². The van der Waals surface area contributed by atoms with Crippen molar-refractivity contribution < 1.29 is 4.79 Å². The van der Waals surface area contributed by atoms with E-state index in [9.17, 15) is 4.79 Å². The molecule has 1 rings (SSSR count). The van der Waals surface area contributed by atoms with Gasteiger partial charge in [-0.1, -0.05) is 70.7 Å². The highest BCUT2D eigenvalue weighted by Gasteiger charge is 2.36. The van der Waals surface area contributed by atoms with Crippen LogP contribution in [0.15, 0.2) is 30.3 Å². The molecule has 0 radical (unpaired) electrons. The Labute approximate surface area is 132 Å². The van der Waals surface area contributed by atoms with Gasteiger partial charge < -0.3 is 9.24 Å². The van der Waals surface area contributed by atoms with Crippen molar-refractivity contribution in [3.8, 4) is 0 Å². The number of hydrogen-bond acceptors (Lipinski definition) is 1. The molecule has 5 heteroatoms. The van der Waals surface area contributed by atoms with Crippen molar-refractivity contribution in [2.24, 2.45) is 0 Å². The van der Waals surface area contributed by atoms with Crippen molar-refractivity contribution >= 4 is 27.6 Å². The van der Waals surface area contributed by atoms with E-state index in [-0.39, 0.29) is 11.2 Å². The van der Waals surface area contributed by atoms with Gasteiger partial charge in [0.15, 0.2) is 8.24 Å². The van der Waals surface area contributed by atoms with Crippen LogP contribution in [0, 0.1) is 0 Å². The zero-order valence-electron chi connectivity index (χ0n) is 14.6. The Kier molecular flexibility index (Phi) is 5.62. The lowest BCUT2D eigenvalue weighted by Crippen LogP contribution is -2.51. The van der Waals surface area contributed by atoms with Crippen molar-refractivity contribution in [2.45, 2.75) is 45.6 Å². The molecule has 0 aliphatic carbocycles. The number of amides is 2. The van der Waals surface area contributed by atoms with Crippen molar-refractivity contribution in [1.82, 2.24) is 9.24 Å². The largest absolute Gasteiger partial charge is 0.355 e. The van der Waals surface area contributed by atoms with E-state index in [0.29, 0.717) is 0 Å². The number of nitrogens with zero attached hydrogens (tertiary/aromatic N) is 2. The highest BCUT2D eigenvalue weighted by atomic mass is 31.1. The second-order valence-electron chi connectivity index (χ2n) is 7.35. The maximum Gasteiger partial charge on any atom is 0.315 e. The quantitative estimate of drug-likeness (QED) is 0.600. The number of benzene rings is 1. The van der Waals surface area contributed by atoms with E-state index in [0.717, 1.165) is 0 Å². The van der Waals surface area contributed by atoms with Crippen molar-refractivity contribution in [1.29, 1.82) is 0 Å². The molecule has 0 saturated heterocycles. The van der Waals surface area contributed by atoms with Crippen LogP contribution >= 0.6 is 8.07 Å². The monoisotopic (exact) mass is 324 g/mol.